The summed E-state index contributed by atoms with van der Waals surface area (Å²) in [5, 5.41) is 2.56. The Kier molecular flexibility index (Phi) is 8.61. The van der Waals surface area contributed by atoms with E-state index in [-0.39, 0.29) is 31.7 Å². The highest BCUT2D eigenvalue weighted by Crippen LogP contribution is 2.06. The maximum absolute atomic E-state index is 12.6. The number of aromatic amines is 1. The molecule has 162 valence electrons. The molecule has 0 bridgehead atoms. The third kappa shape index (κ3) is 8.62. The van der Waals surface area contributed by atoms with E-state index in [1.54, 1.807) is 20.8 Å². The number of carbonyl (C=O) groups excluding carboxylic acids is 3. The summed E-state index contributed by atoms with van der Waals surface area (Å²) in [7, 11) is 1.20. The van der Waals surface area contributed by atoms with E-state index in [4.69, 9.17) is 4.74 Å². The van der Waals surface area contributed by atoms with Crippen LogP contribution in [0, 0.1) is 6.92 Å². The van der Waals surface area contributed by atoms with E-state index in [1.807, 2.05) is 0 Å². The van der Waals surface area contributed by atoms with E-state index in [0.717, 1.165) is 4.57 Å². The summed E-state index contributed by atoms with van der Waals surface area (Å²) in [5.74, 6) is -1.13. The molecular weight excluding hydrogens is 384 g/mol. The van der Waals surface area contributed by atoms with Crippen molar-refractivity contribution in [1.29, 1.82) is 0 Å². The molecule has 29 heavy (non-hydrogen) atoms. The predicted octanol–water partition coefficient (Wildman–Crippen LogP) is -0.239. The number of rotatable bonds is 8. The van der Waals surface area contributed by atoms with Crippen LogP contribution in [0.3, 0.4) is 0 Å². The molecule has 0 aliphatic heterocycles. The number of aromatic nitrogens is 2. The molecule has 0 radical (unpaired) electrons. The number of carbonyl (C=O) groups is 3. The van der Waals surface area contributed by atoms with E-state index in [9.17, 15) is 24.0 Å². The van der Waals surface area contributed by atoms with Crippen LogP contribution in [0.15, 0.2) is 15.8 Å². The summed E-state index contributed by atoms with van der Waals surface area (Å²) in [5.41, 5.74) is -1.60. The Morgan fingerprint density at radius 1 is 1.24 bits per heavy atom. The van der Waals surface area contributed by atoms with Crippen LogP contribution < -0.4 is 16.6 Å². The average Bonchev–Trinajstić information content (AvgIpc) is 2.60. The first-order valence-corrected chi connectivity index (χ1v) is 9.04. The molecule has 0 saturated heterocycles. The molecule has 11 nitrogen and oxygen atoms in total. The lowest BCUT2D eigenvalue weighted by Gasteiger charge is -2.23. The van der Waals surface area contributed by atoms with Crippen molar-refractivity contribution in [3.05, 3.63) is 32.6 Å². The van der Waals surface area contributed by atoms with Gasteiger partial charge in [-0.25, -0.2) is 9.59 Å². The van der Waals surface area contributed by atoms with Gasteiger partial charge >= 0.3 is 17.8 Å². The molecule has 0 aliphatic carbocycles. The molecule has 0 spiro atoms. The lowest BCUT2D eigenvalue weighted by atomic mass is 10.2. The summed E-state index contributed by atoms with van der Waals surface area (Å²) < 4.78 is 10.8. The molecule has 0 saturated carbocycles. The van der Waals surface area contributed by atoms with Gasteiger partial charge in [0.2, 0.25) is 5.91 Å². The Morgan fingerprint density at radius 2 is 1.90 bits per heavy atom. The number of ether oxygens (including phenoxy) is 2. The minimum Gasteiger partial charge on any atom is -0.468 e. The first-order chi connectivity index (χ1) is 13.4. The first kappa shape index (κ1) is 23.9. The third-order valence-corrected chi connectivity index (χ3v) is 3.67. The second kappa shape index (κ2) is 10.4. The van der Waals surface area contributed by atoms with E-state index in [0.29, 0.717) is 6.42 Å². The molecule has 2 N–H and O–H groups in total. The smallest absolute Gasteiger partial charge is 0.407 e. The van der Waals surface area contributed by atoms with Crippen LogP contribution in [0.4, 0.5) is 4.79 Å². The Labute approximate surface area is 168 Å². The lowest BCUT2D eigenvalue weighted by molar-refractivity contribution is -0.147. The number of amides is 2. The van der Waals surface area contributed by atoms with Gasteiger partial charge in [-0.3, -0.25) is 23.9 Å². The van der Waals surface area contributed by atoms with Crippen LogP contribution in [0.25, 0.3) is 0 Å². The molecule has 0 fully saturated rings. The summed E-state index contributed by atoms with van der Waals surface area (Å²) in [6, 6.07) is 0. The van der Waals surface area contributed by atoms with Gasteiger partial charge in [-0.1, -0.05) is 0 Å². The van der Waals surface area contributed by atoms with Gasteiger partial charge in [0, 0.05) is 24.8 Å². The van der Waals surface area contributed by atoms with Crippen LogP contribution in [0.1, 0.15) is 32.8 Å². The molecule has 1 aromatic heterocycles. The number of nitrogens with zero attached hydrogens (tertiary/aromatic N) is 2. The van der Waals surface area contributed by atoms with Crippen molar-refractivity contribution in [2.24, 2.45) is 0 Å². The molecule has 11 heteroatoms. The van der Waals surface area contributed by atoms with Crippen molar-refractivity contribution in [2.45, 2.75) is 46.3 Å². The number of H-pyrrole nitrogens is 1. The molecule has 1 rings (SSSR count). The van der Waals surface area contributed by atoms with Crippen molar-refractivity contribution < 1.29 is 23.9 Å². The van der Waals surface area contributed by atoms with Crippen LogP contribution in [0.5, 0.6) is 0 Å². The maximum Gasteiger partial charge on any atom is 0.407 e. The van der Waals surface area contributed by atoms with E-state index in [1.165, 1.54) is 25.1 Å². The van der Waals surface area contributed by atoms with Crippen molar-refractivity contribution in [3.63, 3.8) is 0 Å². The molecule has 0 atom stereocenters. The fraction of sp³-hybridized carbons (Fsp3) is 0.611. The summed E-state index contributed by atoms with van der Waals surface area (Å²) in [4.78, 5) is 62.5. The predicted molar refractivity (Wildman–Crippen MR) is 104 cm³/mol. The minimum absolute atomic E-state index is 0.140. The highest BCUT2D eigenvalue weighted by molar-refractivity contribution is 5.81. The Hall–Kier alpha value is -3.11. The highest BCUT2D eigenvalue weighted by Gasteiger charge is 2.19. The normalized spacial score (nSPS) is 10.9. The molecule has 1 aromatic rings. The van der Waals surface area contributed by atoms with Crippen molar-refractivity contribution in [2.75, 3.05) is 26.7 Å². The van der Waals surface area contributed by atoms with Crippen molar-refractivity contribution >= 4 is 18.0 Å². The van der Waals surface area contributed by atoms with Crippen LogP contribution >= 0.6 is 0 Å². The Balaban J connectivity index is 2.72. The average molecular weight is 412 g/mol. The Bertz CT molecular complexity index is 851. The summed E-state index contributed by atoms with van der Waals surface area (Å²) in [6.45, 7) is 6.43. The number of hydrogen-bond donors (Lipinski definition) is 2. The van der Waals surface area contributed by atoms with E-state index < -0.39 is 34.8 Å². The van der Waals surface area contributed by atoms with Gasteiger partial charge in [-0.2, -0.15) is 0 Å². The second-order valence-electron chi connectivity index (χ2n) is 7.37. The number of alkyl carbamates (subject to hydrolysis) is 1. The molecule has 0 aromatic carbocycles. The Morgan fingerprint density at radius 3 is 2.48 bits per heavy atom. The fourth-order valence-electron chi connectivity index (χ4n) is 2.27. The highest BCUT2D eigenvalue weighted by atomic mass is 16.6. The number of hydrogen-bond acceptors (Lipinski definition) is 7. The number of methoxy groups -OCH3 is 1. The third-order valence-electron chi connectivity index (χ3n) is 3.67. The van der Waals surface area contributed by atoms with Crippen molar-refractivity contribution in [1.82, 2.24) is 19.8 Å². The van der Waals surface area contributed by atoms with Gasteiger partial charge in [0.15, 0.2) is 0 Å². The van der Waals surface area contributed by atoms with E-state index >= 15 is 0 Å². The van der Waals surface area contributed by atoms with Gasteiger partial charge in [-0.05, 0) is 34.1 Å². The number of aryl methyl sites for hydroxylation is 1. The standard InChI is InChI=1S/C18H28N4O7/c1-12-9-22(16(26)20-15(12)25)10-13(23)21(11-14(24)28-5)8-6-7-19-17(27)29-18(2,3)4/h9H,6-8,10-11H2,1-5H3,(H,19,27)(H,20,25,26). The molecular formula is C18H28N4O7. The van der Waals surface area contributed by atoms with Gasteiger partial charge in [0.1, 0.15) is 18.7 Å². The minimum atomic E-state index is -0.724. The second-order valence-corrected chi connectivity index (χ2v) is 7.37. The first-order valence-electron chi connectivity index (χ1n) is 9.04. The summed E-state index contributed by atoms with van der Waals surface area (Å²) >= 11 is 0. The molecule has 1 heterocycles. The zero-order valence-corrected chi connectivity index (χ0v) is 17.4. The van der Waals surface area contributed by atoms with Gasteiger partial charge in [0.25, 0.3) is 5.56 Å². The largest absolute Gasteiger partial charge is 0.468 e. The topological polar surface area (TPSA) is 140 Å². The SMILES string of the molecule is COC(=O)CN(CCCNC(=O)OC(C)(C)C)C(=O)Cn1cc(C)c(=O)[nH]c1=O. The summed E-state index contributed by atoms with van der Waals surface area (Å²) in [6.07, 6.45) is 1.04. The van der Waals surface area contributed by atoms with Gasteiger partial charge in [-0.15, -0.1) is 0 Å². The molecule has 2 amide bonds. The zero-order chi connectivity index (χ0) is 22.2. The monoisotopic (exact) mass is 412 g/mol. The van der Waals surface area contributed by atoms with Gasteiger partial charge < -0.3 is 19.7 Å². The van der Waals surface area contributed by atoms with E-state index in [2.05, 4.69) is 15.0 Å². The van der Waals surface area contributed by atoms with Crippen LogP contribution in [-0.2, 0) is 25.6 Å². The van der Waals surface area contributed by atoms with Gasteiger partial charge in [0.05, 0.1) is 7.11 Å². The van der Waals surface area contributed by atoms with Crippen LogP contribution in [0.2, 0.25) is 0 Å². The number of nitrogens with one attached hydrogen (secondary N) is 2. The van der Waals surface area contributed by atoms with Crippen LogP contribution in [-0.4, -0.2) is 64.8 Å². The number of esters is 1. The molecule has 0 aliphatic rings. The molecule has 0 unspecified atom stereocenters. The van der Waals surface area contributed by atoms with Crippen molar-refractivity contribution in [3.8, 4) is 0 Å². The lowest BCUT2D eigenvalue weighted by Crippen LogP contribution is -2.42. The fourth-order valence-corrected chi connectivity index (χ4v) is 2.27. The quantitative estimate of drug-likeness (QED) is 0.444. The zero-order valence-electron chi connectivity index (χ0n) is 17.4. The maximum atomic E-state index is 12.6.